The van der Waals surface area contributed by atoms with Crippen molar-refractivity contribution in [1.29, 1.82) is 0 Å². The van der Waals surface area contributed by atoms with E-state index < -0.39 is 17.6 Å². The molecule has 0 aromatic rings. The van der Waals surface area contributed by atoms with Crippen LogP contribution in [0.3, 0.4) is 0 Å². The van der Waals surface area contributed by atoms with Crippen LogP contribution < -0.4 is 0 Å². The van der Waals surface area contributed by atoms with Gasteiger partial charge in [-0.15, -0.1) is 0 Å². The second-order valence-electron chi connectivity index (χ2n) is 10.4. The lowest BCUT2D eigenvalue weighted by Crippen LogP contribution is -2.59. The topological polar surface area (TPSA) is 107 Å². The van der Waals surface area contributed by atoms with Crippen LogP contribution in [0, 0.1) is 45.8 Å². The molecule has 6 heteroatoms. The fourth-order valence-electron chi connectivity index (χ4n) is 7.88. The number of aliphatic hydroxyl groups is 2. The van der Waals surface area contributed by atoms with Crippen LogP contribution in [0.25, 0.3) is 0 Å². The quantitative estimate of drug-likeness (QED) is 0.520. The number of nitroso groups, excluding NO2 is 1. The summed E-state index contributed by atoms with van der Waals surface area (Å²) in [6.07, 6.45) is 6.12. The van der Waals surface area contributed by atoms with Crippen LogP contribution in [0.5, 0.6) is 0 Å². The largest absolute Gasteiger partial charge is 0.481 e. The van der Waals surface area contributed by atoms with Crippen molar-refractivity contribution >= 4 is 5.97 Å². The highest BCUT2D eigenvalue weighted by molar-refractivity contribution is 5.66. The molecule has 0 amide bonds. The Morgan fingerprint density at radius 1 is 1.24 bits per heavy atom. The van der Waals surface area contributed by atoms with Crippen LogP contribution in [0.4, 0.5) is 0 Å². The summed E-state index contributed by atoms with van der Waals surface area (Å²) in [6.45, 7) is 6.75. The number of aliphatic carboxylic acids is 1. The predicted octanol–water partition coefficient (Wildman–Crippen LogP) is 4.22. The molecule has 0 radical (unpaired) electrons. The average molecular weight is 410 g/mol. The van der Waals surface area contributed by atoms with Gasteiger partial charge in [0.1, 0.15) is 5.54 Å². The van der Waals surface area contributed by atoms with E-state index in [1.807, 2.05) is 0 Å². The minimum atomic E-state index is -0.792. The zero-order valence-corrected chi connectivity index (χ0v) is 18.2. The van der Waals surface area contributed by atoms with Crippen molar-refractivity contribution in [2.75, 3.05) is 6.61 Å². The van der Waals surface area contributed by atoms with Crippen molar-refractivity contribution in [3.63, 3.8) is 0 Å². The summed E-state index contributed by atoms with van der Waals surface area (Å²) in [5.41, 5.74) is -0.590. The lowest BCUT2D eigenvalue weighted by atomic mass is 9.46. The Balaban J connectivity index is 1.88. The fourth-order valence-corrected chi connectivity index (χ4v) is 7.88. The summed E-state index contributed by atoms with van der Waals surface area (Å²) in [5.74, 6) is 0.286. The first-order chi connectivity index (χ1) is 13.7. The van der Waals surface area contributed by atoms with E-state index in [-0.39, 0.29) is 42.1 Å². The minimum Gasteiger partial charge on any atom is -0.481 e. The molecule has 0 saturated heterocycles. The van der Waals surface area contributed by atoms with E-state index in [0.717, 1.165) is 38.5 Å². The maximum absolute atomic E-state index is 12.3. The van der Waals surface area contributed by atoms with Crippen LogP contribution in [0.1, 0.15) is 78.6 Å². The number of carboxylic acid groups (broad SMARTS) is 1. The van der Waals surface area contributed by atoms with E-state index in [1.165, 1.54) is 0 Å². The molecular weight excluding hydrogens is 370 g/mol. The van der Waals surface area contributed by atoms with Crippen LogP contribution in [0.2, 0.25) is 0 Å². The molecule has 0 bridgehead atoms. The molecule has 3 rings (SSSR count). The number of fused-ring (bicyclic) bond motifs is 3. The van der Waals surface area contributed by atoms with Crippen molar-refractivity contribution in [2.45, 2.75) is 90.2 Å². The summed E-state index contributed by atoms with van der Waals surface area (Å²) in [4.78, 5) is 23.3. The van der Waals surface area contributed by atoms with E-state index in [1.54, 1.807) is 0 Å². The molecule has 166 valence electrons. The van der Waals surface area contributed by atoms with Gasteiger partial charge in [0.2, 0.25) is 0 Å². The molecule has 3 N–H and O–H groups in total. The highest BCUT2D eigenvalue weighted by Crippen LogP contribution is 2.65. The van der Waals surface area contributed by atoms with Crippen LogP contribution in [-0.2, 0) is 4.79 Å². The molecule has 3 aliphatic rings. The van der Waals surface area contributed by atoms with Crippen LogP contribution in [0.15, 0.2) is 5.18 Å². The molecule has 3 fully saturated rings. The maximum atomic E-state index is 12.3. The van der Waals surface area contributed by atoms with Crippen LogP contribution >= 0.6 is 0 Å². The molecule has 0 heterocycles. The van der Waals surface area contributed by atoms with Crippen molar-refractivity contribution in [1.82, 2.24) is 0 Å². The zero-order chi connectivity index (χ0) is 21.4. The number of hydrogen-bond acceptors (Lipinski definition) is 5. The Morgan fingerprint density at radius 3 is 2.55 bits per heavy atom. The predicted molar refractivity (Wildman–Crippen MR) is 111 cm³/mol. The number of aliphatic hydroxyl groups excluding tert-OH is 2. The first kappa shape index (κ1) is 22.7. The molecule has 9 atom stereocenters. The molecule has 0 aromatic heterocycles. The Morgan fingerprint density at radius 2 is 1.97 bits per heavy atom. The fraction of sp³-hybridized carbons (Fsp3) is 0.957. The van der Waals surface area contributed by atoms with Gasteiger partial charge in [0.25, 0.3) is 0 Å². The van der Waals surface area contributed by atoms with E-state index in [0.29, 0.717) is 24.7 Å². The number of carboxylic acids is 1. The monoisotopic (exact) mass is 409 g/mol. The Hall–Kier alpha value is -1.01. The summed E-state index contributed by atoms with van der Waals surface area (Å²) >= 11 is 0. The first-order valence-corrected chi connectivity index (χ1v) is 11.6. The standard InChI is InChI=1S/C23H39NO5/c1-4-22(3)15(10-12-25)13-19(26)21-17(22)9-11-23(24-29)16(6-7-18(21)23)14(2)5-8-20(27)28/h14-19,21,25-26H,4-13H2,1-3H3,(H,27,28)/t14-,15?,16?,17?,18?,19+,21?,22+,23+/m1/s1. The zero-order valence-electron chi connectivity index (χ0n) is 18.2. The van der Waals surface area contributed by atoms with E-state index in [2.05, 4.69) is 25.9 Å². The number of carbonyl (C=O) groups is 1. The van der Waals surface area contributed by atoms with Gasteiger partial charge in [0, 0.05) is 13.0 Å². The third-order valence-corrected chi connectivity index (χ3v) is 9.52. The second-order valence-corrected chi connectivity index (χ2v) is 10.4. The molecular formula is C23H39NO5. The molecule has 3 saturated carbocycles. The molecule has 29 heavy (non-hydrogen) atoms. The van der Waals surface area contributed by atoms with Gasteiger partial charge in [-0.25, -0.2) is 0 Å². The number of hydrogen-bond donors (Lipinski definition) is 3. The lowest BCUT2D eigenvalue weighted by Gasteiger charge is -2.59. The van der Waals surface area contributed by atoms with Gasteiger partial charge in [-0.1, -0.05) is 32.4 Å². The molecule has 5 unspecified atom stereocenters. The van der Waals surface area contributed by atoms with Gasteiger partial charge in [0.15, 0.2) is 0 Å². The maximum Gasteiger partial charge on any atom is 0.303 e. The van der Waals surface area contributed by atoms with Crippen molar-refractivity contribution in [2.24, 2.45) is 46.1 Å². The highest BCUT2D eigenvalue weighted by Gasteiger charge is 2.64. The molecule has 6 nitrogen and oxygen atoms in total. The second kappa shape index (κ2) is 8.62. The lowest BCUT2D eigenvalue weighted by molar-refractivity contribution is -0.143. The van der Waals surface area contributed by atoms with Gasteiger partial charge in [0.05, 0.1) is 6.10 Å². The van der Waals surface area contributed by atoms with E-state index >= 15 is 0 Å². The normalized spacial score (nSPS) is 45.3. The molecule has 0 spiro atoms. The van der Waals surface area contributed by atoms with Crippen LogP contribution in [-0.4, -0.2) is 39.5 Å². The van der Waals surface area contributed by atoms with E-state index in [4.69, 9.17) is 5.11 Å². The third-order valence-electron chi connectivity index (χ3n) is 9.52. The van der Waals surface area contributed by atoms with Gasteiger partial charge in [-0.2, -0.15) is 4.91 Å². The van der Waals surface area contributed by atoms with Gasteiger partial charge in [-0.05, 0) is 85.9 Å². The summed E-state index contributed by atoms with van der Waals surface area (Å²) in [6, 6.07) is 0. The van der Waals surface area contributed by atoms with Gasteiger partial charge < -0.3 is 15.3 Å². The molecule has 0 aromatic carbocycles. The Labute approximate surface area is 174 Å². The van der Waals surface area contributed by atoms with E-state index in [9.17, 15) is 19.9 Å². The Kier molecular flexibility index (Phi) is 6.74. The summed E-state index contributed by atoms with van der Waals surface area (Å²) in [5, 5.41) is 33.6. The Bertz CT molecular complexity index is 612. The van der Waals surface area contributed by atoms with Crippen molar-refractivity contribution in [3.05, 3.63) is 4.91 Å². The van der Waals surface area contributed by atoms with Gasteiger partial charge in [-0.3, -0.25) is 4.79 Å². The highest BCUT2D eigenvalue weighted by atomic mass is 16.4. The van der Waals surface area contributed by atoms with Crippen molar-refractivity contribution in [3.8, 4) is 0 Å². The average Bonchev–Trinajstić information content (AvgIpc) is 3.09. The number of rotatable bonds is 8. The summed E-state index contributed by atoms with van der Waals surface area (Å²) < 4.78 is 0. The summed E-state index contributed by atoms with van der Waals surface area (Å²) in [7, 11) is 0. The third kappa shape index (κ3) is 3.65. The molecule has 0 aliphatic heterocycles. The minimum absolute atomic E-state index is 0.0642. The van der Waals surface area contributed by atoms with Crippen molar-refractivity contribution < 1.29 is 20.1 Å². The first-order valence-electron chi connectivity index (χ1n) is 11.6. The van der Waals surface area contributed by atoms with Gasteiger partial charge >= 0.3 is 5.97 Å². The smallest absolute Gasteiger partial charge is 0.303 e. The number of nitrogens with zero attached hydrogens (tertiary/aromatic N) is 1. The SMILES string of the molecule is CC[C@@]1(C)C(CCO)C[C@H](O)C2C1CC[C@@]1(N=O)C2CCC1[C@H](C)CCC(=O)O. The molecule has 3 aliphatic carbocycles.